The number of ether oxygens (including phenoxy) is 1. The van der Waals surface area contributed by atoms with Gasteiger partial charge in [0.05, 0.1) is 5.69 Å². The van der Waals surface area contributed by atoms with Gasteiger partial charge in [0, 0.05) is 13.1 Å². The first-order valence-electron chi connectivity index (χ1n) is 22.4. The quantitative estimate of drug-likeness (QED) is 0.0655. The molecule has 2 nitrogen and oxygen atoms in total. The fourth-order valence-electron chi connectivity index (χ4n) is 7.47. The van der Waals surface area contributed by atoms with E-state index >= 15 is 0 Å². The number of hydrogen-bond acceptors (Lipinski definition) is 2. The Bertz CT molecular complexity index is 922. The minimum Gasteiger partial charge on any atom is -0.455 e. The van der Waals surface area contributed by atoms with Crippen LogP contribution in [0.1, 0.15) is 219 Å². The summed E-state index contributed by atoms with van der Waals surface area (Å²) in [6, 6.07) is 19.0. The van der Waals surface area contributed by atoms with Crippen molar-refractivity contribution in [3.8, 4) is 11.5 Å². The summed E-state index contributed by atoms with van der Waals surface area (Å²) in [5.74, 6) is 1.91. The van der Waals surface area contributed by atoms with Crippen LogP contribution in [0.15, 0.2) is 54.6 Å². The predicted molar refractivity (Wildman–Crippen MR) is 224 cm³/mol. The molecule has 0 atom stereocenters. The summed E-state index contributed by atoms with van der Waals surface area (Å²) in [7, 11) is 0. The van der Waals surface area contributed by atoms with Gasteiger partial charge in [0.15, 0.2) is 5.75 Å². The van der Waals surface area contributed by atoms with Crippen LogP contribution in [0.2, 0.25) is 0 Å². The highest BCUT2D eigenvalue weighted by molar-refractivity contribution is 5.59. The molecule has 0 aliphatic carbocycles. The molecule has 0 aliphatic heterocycles. The lowest BCUT2D eigenvalue weighted by atomic mass is 10.0. The van der Waals surface area contributed by atoms with Gasteiger partial charge in [-0.15, -0.1) is 0 Å². The lowest BCUT2D eigenvalue weighted by Crippen LogP contribution is -2.26. The summed E-state index contributed by atoms with van der Waals surface area (Å²) in [4.78, 5) is 2.63. The van der Waals surface area contributed by atoms with Gasteiger partial charge in [-0.3, -0.25) is 0 Å². The number of benzene rings is 2. The zero-order chi connectivity index (χ0) is 35.4. The molecule has 0 amide bonds. The van der Waals surface area contributed by atoms with Crippen molar-refractivity contribution in [2.45, 2.75) is 219 Å². The maximum Gasteiger partial charge on any atom is 0.150 e. The van der Waals surface area contributed by atoms with E-state index in [2.05, 4.69) is 73.3 Å². The van der Waals surface area contributed by atoms with Crippen LogP contribution in [0, 0.1) is 0 Å². The lowest BCUT2D eigenvalue weighted by Gasteiger charge is -2.27. The zero-order valence-electron chi connectivity index (χ0n) is 33.6. The summed E-state index contributed by atoms with van der Waals surface area (Å²) in [5, 5.41) is 0. The van der Waals surface area contributed by atoms with E-state index in [0.29, 0.717) is 0 Å². The summed E-state index contributed by atoms with van der Waals surface area (Å²) in [5.41, 5.74) is 1.26. The fourth-order valence-corrected chi connectivity index (χ4v) is 7.47. The van der Waals surface area contributed by atoms with Crippen molar-refractivity contribution in [1.29, 1.82) is 0 Å². The Morgan fingerprint density at radius 3 is 1.00 bits per heavy atom. The van der Waals surface area contributed by atoms with Crippen LogP contribution in [0.25, 0.3) is 0 Å². The van der Waals surface area contributed by atoms with Crippen molar-refractivity contribution in [2.24, 2.45) is 0 Å². The molecule has 0 saturated carbocycles. The highest BCUT2D eigenvalue weighted by Gasteiger charge is 2.13. The van der Waals surface area contributed by atoms with Gasteiger partial charge in [0.25, 0.3) is 0 Å². The molecule has 2 aromatic rings. The molecule has 0 aliphatic rings. The van der Waals surface area contributed by atoms with E-state index in [1.54, 1.807) is 0 Å². The minimum absolute atomic E-state index is 0.921. The average Bonchev–Trinajstić information content (AvgIpc) is 3.14. The normalized spacial score (nSPS) is 11.3. The van der Waals surface area contributed by atoms with Crippen LogP contribution in [0.3, 0.4) is 0 Å². The molecule has 0 saturated heterocycles. The molecule has 0 bridgehead atoms. The third-order valence-electron chi connectivity index (χ3n) is 10.7. The number of unbranched alkanes of at least 4 members (excludes halogenated alkanes) is 30. The summed E-state index contributed by atoms with van der Waals surface area (Å²) < 4.78 is 6.41. The second kappa shape index (κ2) is 34.1. The summed E-state index contributed by atoms with van der Waals surface area (Å²) in [6.07, 6.45) is 45.4. The van der Waals surface area contributed by atoms with Gasteiger partial charge in [-0.05, 0) is 37.1 Å². The summed E-state index contributed by atoms with van der Waals surface area (Å²) in [6.45, 7) is 6.88. The Balaban J connectivity index is 1.61. The van der Waals surface area contributed by atoms with Gasteiger partial charge >= 0.3 is 0 Å². The first kappa shape index (κ1) is 44.2. The van der Waals surface area contributed by atoms with Crippen molar-refractivity contribution in [1.82, 2.24) is 0 Å². The molecule has 0 spiro atoms. The molecule has 0 fully saturated rings. The Hall–Kier alpha value is -1.96. The number of nitrogens with zero attached hydrogens (tertiary/aromatic N) is 1. The third-order valence-corrected chi connectivity index (χ3v) is 10.7. The number of anilines is 1. The molecule has 50 heavy (non-hydrogen) atoms. The molecule has 0 radical (unpaired) electrons. The SMILES string of the molecule is CCCCCCCCCCCCCCCCCCN(CCCCCCCCCCCCCCCCCC)c1ccccc1Oc1ccccc1. The van der Waals surface area contributed by atoms with Crippen molar-refractivity contribution >= 4 is 5.69 Å². The average molecular weight is 690 g/mol. The molecule has 0 aromatic heterocycles. The third kappa shape index (κ3) is 25.1. The predicted octanol–water partition coefficient (Wildman–Crippen LogP) is 16.8. The lowest BCUT2D eigenvalue weighted by molar-refractivity contribution is 0.479. The molecule has 2 heteroatoms. The van der Waals surface area contributed by atoms with Crippen molar-refractivity contribution < 1.29 is 4.74 Å². The standard InChI is InChI=1S/C48H83NO/c1-3-5-7-9-11-13-15-17-19-21-23-25-27-29-31-38-44-49(47-42-36-37-43-48(47)50-46-40-34-33-35-41-46)45-39-32-30-28-26-24-22-20-18-16-14-12-10-8-6-4-2/h33-37,40-43H,3-32,38-39,44-45H2,1-2H3. The van der Waals surface area contributed by atoms with Crippen LogP contribution in [-0.4, -0.2) is 13.1 Å². The first-order valence-corrected chi connectivity index (χ1v) is 22.4. The van der Waals surface area contributed by atoms with Gasteiger partial charge < -0.3 is 9.64 Å². The van der Waals surface area contributed by atoms with E-state index in [4.69, 9.17) is 4.74 Å². The molecule has 0 heterocycles. The Morgan fingerprint density at radius 1 is 0.340 bits per heavy atom. The zero-order valence-corrected chi connectivity index (χ0v) is 33.6. The largest absolute Gasteiger partial charge is 0.455 e. The van der Waals surface area contributed by atoms with Gasteiger partial charge in [-0.25, -0.2) is 0 Å². The van der Waals surface area contributed by atoms with E-state index in [1.165, 1.54) is 211 Å². The molecule has 0 N–H and O–H groups in total. The van der Waals surface area contributed by atoms with Gasteiger partial charge in [-0.1, -0.05) is 237 Å². The topological polar surface area (TPSA) is 12.5 Å². The maximum atomic E-state index is 6.41. The van der Waals surface area contributed by atoms with Crippen LogP contribution in [0.5, 0.6) is 11.5 Å². The second-order valence-electron chi connectivity index (χ2n) is 15.5. The Morgan fingerprint density at radius 2 is 0.640 bits per heavy atom. The van der Waals surface area contributed by atoms with E-state index in [-0.39, 0.29) is 0 Å². The Labute approximate surface area is 312 Å². The Kier molecular flexibility index (Phi) is 30.2. The molecular formula is C48H83NO. The number of para-hydroxylation sites is 3. The fraction of sp³-hybridized carbons (Fsp3) is 0.750. The molecular weight excluding hydrogens is 607 g/mol. The van der Waals surface area contributed by atoms with E-state index in [1.807, 2.05) is 0 Å². The van der Waals surface area contributed by atoms with Gasteiger partial charge in [-0.2, -0.15) is 0 Å². The van der Waals surface area contributed by atoms with Crippen LogP contribution in [-0.2, 0) is 0 Å². The van der Waals surface area contributed by atoms with E-state index in [9.17, 15) is 0 Å². The van der Waals surface area contributed by atoms with Gasteiger partial charge in [0.1, 0.15) is 5.75 Å². The van der Waals surface area contributed by atoms with Crippen LogP contribution >= 0.6 is 0 Å². The monoisotopic (exact) mass is 690 g/mol. The summed E-state index contributed by atoms with van der Waals surface area (Å²) >= 11 is 0. The minimum atomic E-state index is 0.921. The first-order chi connectivity index (χ1) is 24.8. The molecule has 0 unspecified atom stereocenters. The van der Waals surface area contributed by atoms with Gasteiger partial charge in [0.2, 0.25) is 0 Å². The highest BCUT2D eigenvalue weighted by atomic mass is 16.5. The number of rotatable bonds is 37. The van der Waals surface area contributed by atoms with Crippen LogP contribution < -0.4 is 9.64 Å². The molecule has 2 rings (SSSR count). The van der Waals surface area contributed by atoms with Crippen LogP contribution in [0.4, 0.5) is 5.69 Å². The van der Waals surface area contributed by atoms with E-state index < -0.39 is 0 Å². The van der Waals surface area contributed by atoms with Crippen molar-refractivity contribution in [3.63, 3.8) is 0 Å². The highest BCUT2D eigenvalue weighted by Crippen LogP contribution is 2.33. The molecule has 2 aromatic carbocycles. The second-order valence-corrected chi connectivity index (χ2v) is 15.5. The molecule has 286 valence electrons. The van der Waals surface area contributed by atoms with Crippen molar-refractivity contribution in [3.05, 3.63) is 54.6 Å². The smallest absolute Gasteiger partial charge is 0.150 e. The van der Waals surface area contributed by atoms with Crippen molar-refractivity contribution in [2.75, 3.05) is 18.0 Å². The maximum absolute atomic E-state index is 6.41. The van der Waals surface area contributed by atoms with E-state index in [0.717, 1.165) is 24.6 Å². The number of hydrogen-bond donors (Lipinski definition) is 0.